The number of carbonyl (C=O) groups is 1. The number of rotatable bonds is 2. The van der Waals surface area contributed by atoms with E-state index in [0.29, 0.717) is 0 Å². The largest absolute Gasteiger partial charge is 0.390 e. The number of ketones is 1. The number of hydrogen-bond acceptors (Lipinski definition) is 5. The normalized spacial score (nSPS) is 37.4. The van der Waals surface area contributed by atoms with Crippen LogP contribution in [0, 0.1) is 5.92 Å². The highest BCUT2D eigenvalue weighted by atomic mass is 16.4. The monoisotopic (exact) mass is 248 g/mol. The molecule has 1 rings (SSSR count). The number of Topliss-reactive ketones (excluding diaryl/α,β-unsaturated/α-hetero) is 1. The minimum atomic E-state index is -1.72. The van der Waals surface area contributed by atoms with Gasteiger partial charge in [-0.15, -0.1) is 0 Å². The van der Waals surface area contributed by atoms with E-state index in [1.807, 2.05) is 13.8 Å². The van der Waals surface area contributed by atoms with Crippen LogP contribution in [0.3, 0.4) is 0 Å². The van der Waals surface area contributed by atoms with Crippen LogP contribution in [-0.2, 0) is 4.79 Å². The molecule has 0 heterocycles. The molecule has 17 heavy (non-hydrogen) atoms. The summed E-state index contributed by atoms with van der Waals surface area (Å²) in [4.78, 5) is 11.7. The topological polar surface area (TPSA) is 98.0 Å². The molecule has 1 fully saturated rings. The van der Waals surface area contributed by atoms with Crippen LogP contribution in [0.5, 0.6) is 0 Å². The lowest BCUT2D eigenvalue weighted by Gasteiger charge is -2.40. The van der Waals surface area contributed by atoms with Gasteiger partial charge in [0.05, 0.1) is 12.2 Å². The molecule has 0 radical (unpaired) electrons. The van der Waals surface area contributed by atoms with Crippen molar-refractivity contribution in [1.82, 2.24) is 0 Å². The Morgan fingerprint density at radius 3 is 1.76 bits per heavy atom. The average molecular weight is 248 g/mol. The van der Waals surface area contributed by atoms with Gasteiger partial charge in [0.2, 0.25) is 0 Å². The van der Waals surface area contributed by atoms with E-state index in [1.165, 1.54) is 0 Å². The minimum absolute atomic E-state index is 0.220. The molecule has 102 valence electrons. The molecule has 0 spiro atoms. The molecule has 0 aliphatic heterocycles. The summed E-state index contributed by atoms with van der Waals surface area (Å²) in [5.74, 6) is -0.780. The molecule has 0 amide bonds. The lowest BCUT2D eigenvalue weighted by atomic mass is 9.75. The van der Waals surface area contributed by atoms with Crippen molar-refractivity contribution in [3.05, 3.63) is 0 Å². The minimum Gasteiger partial charge on any atom is -0.390 e. The Balaban J connectivity index is 0.00000121. The fraction of sp³-hybridized carbons (Fsp3) is 0.917. The lowest BCUT2D eigenvalue weighted by Crippen LogP contribution is -2.56. The van der Waals surface area contributed by atoms with Gasteiger partial charge in [0.25, 0.3) is 0 Å². The maximum absolute atomic E-state index is 11.7. The number of hydrogen-bond donors (Lipinski definition) is 4. The zero-order chi connectivity index (χ0) is 13.8. The zero-order valence-corrected chi connectivity index (χ0v) is 10.9. The molecule has 2 atom stereocenters. The Labute approximate surface area is 102 Å². The molecule has 5 heteroatoms. The Bertz CT molecular complexity index is 239. The molecule has 1 aliphatic carbocycles. The van der Waals surface area contributed by atoms with Crippen molar-refractivity contribution < 1.29 is 25.2 Å². The summed E-state index contributed by atoms with van der Waals surface area (Å²) in [6.07, 6.45) is -4.25. The van der Waals surface area contributed by atoms with Crippen molar-refractivity contribution in [2.24, 2.45) is 5.92 Å². The van der Waals surface area contributed by atoms with E-state index < -0.39 is 29.7 Å². The second-order valence-electron chi connectivity index (χ2n) is 4.58. The van der Waals surface area contributed by atoms with Crippen molar-refractivity contribution in [3.63, 3.8) is 0 Å². The van der Waals surface area contributed by atoms with E-state index in [1.54, 1.807) is 13.8 Å². The summed E-state index contributed by atoms with van der Waals surface area (Å²) < 4.78 is 0. The van der Waals surface area contributed by atoms with Crippen molar-refractivity contribution in [3.8, 4) is 0 Å². The quantitative estimate of drug-likeness (QED) is 0.544. The molecule has 0 aromatic carbocycles. The van der Waals surface area contributed by atoms with Crippen molar-refractivity contribution >= 4 is 5.78 Å². The van der Waals surface area contributed by atoms with Crippen LogP contribution in [0.2, 0.25) is 0 Å². The molecule has 5 nitrogen and oxygen atoms in total. The van der Waals surface area contributed by atoms with Crippen LogP contribution in [0.25, 0.3) is 0 Å². The van der Waals surface area contributed by atoms with Crippen molar-refractivity contribution in [1.29, 1.82) is 0 Å². The summed E-state index contributed by atoms with van der Waals surface area (Å²) in [5, 5.41) is 38.0. The second-order valence-corrected chi connectivity index (χ2v) is 4.58. The molecule has 4 N–H and O–H groups in total. The first-order chi connectivity index (χ1) is 7.78. The first-order valence-corrected chi connectivity index (χ1v) is 6.09. The fourth-order valence-corrected chi connectivity index (χ4v) is 2.01. The fourth-order valence-electron chi connectivity index (χ4n) is 2.01. The highest BCUT2D eigenvalue weighted by molar-refractivity contribution is 5.88. The number of aliphatic hydroxyl groups is 4. The summed E-state index contributed by atoms with van der Waals surface area (Å²) in [5.41, 5.74) is -1.72. The molecular weight excluding hydrogens is 224 g/mol. The van der Waals surface area contributed by atoms with Crippen molar-refractivity contribution in [2.45, 2.75) is 64.4 Å². The number of aliphatic hydroxyl groups excluding tert-OH is 3. The van der Waals surface area contributed by atoms with Crippen LogP contribution >= 0.6 is 0 Å². The van der Waals surface area contributed by atoms with Crippen LogP contribution < -0.4 is 0 Å². The van der Waals surface area contributed by atoms with Gasteiger partial charge in [0.15, 0.2) is 5.78 Å². The molecule has 0 aromatic rings. The van der Waals surface area contributed by atoms with Crippen LogP contribution in [0.1, 0.15) is 40.5 Å². The Kier molecular flexibility index (Phi) is 6.26. The molecule has 0 aromatic heterocycles. The third-order valence-corrected chi connectivity index (χ3v) is 2.87. The Morgan fingerprint density at radius 2 is 1.47 bits per heavy atom. The summed E-state index contributed by atoms with van der Waals surface area (Å²) in [7, 11) is 0. The predicted octanol–water partition coefficient (Wildman–Crippen LogP) is -0.155. The van der Waals surface area contributed by atoms with E-state index in [4.69, 9.17) is 0 Å². The first-order valence-electron chi connectivity index (χ1n) is 6.09. The zero-order valence-electron chi connectivity index (χ0n) is 10.9. The van der Waals surface area contributed by atoms with Gasteiger partial charge in [-0.25, -0.2) is 0 Å². The van der Waals surface area contributed by atoms with Crippen molar-refractivity contribution in [2.75, 3.05) is 0 Å². The molecule has 1 aliphatic rings. The molecule has 1 saturated carbocycles. The Hall–Kier alpha value is -0.490. The predicted molar refractivity (Wildman–Crippen MR) is 63.4 cm³/mol. The summed E-state index contributed by atoms with van der Waals surface area (Å²) >= 11 is 0. The summed E-state index contributed by atoms with van der Waals surface area (Å²) in [6, 6.07) is 0. The highest BCUT2D eigenvalue weighted by Crippen LogP contribution is 2.31. The van der Waals surface area contributed by atoms with Gasteiger partial charge in [-0.05, 0) is 0 Å². The van der Waals surface area contributed by atoms with Gasteiger partial charge in [0.1, 0.15) is 11.7 Å². The van der Waals surface area contributed by atoms with E-state index in [9.17, 15) is 25.2 Å². The lowest BCUT2D eigenvalue weighted by molar-refractivity contribution is -0.173. The van der Waals surface area contributed by atoms with Gasteiger partial charge < -0.3 is 20.4 Å². The maximum atomic E-state index is 11.7. The first kappa shape index (κ1) is 16.5. The van der Waals surface area contributed by atoms with E-state index in [-0.39, 0.29) is 18.8 Å². The SMILES string of the molecule is CC.CC(C)C(=O)C1(O)C[C@@H](O)C(O)[C@H](O)C1. The molecule has 0 bridgehead atoms. The molecule has 0 saturated heterocycles. The smallest absolute Gasteiger partial charge is 0.167 e. The van der Waals surface area contributed by atoms with E-state index >= 15 is 0 Å². The molecule has 0 unspecified atom stereocenters. The van der Waals surface area contributed by atoms with Gasteiger partial charge in [0, 0.05) is 18.8 Å². The Morgan fingerprint density at radius 1 is 1.12 bits per heavy atom. The summed E-state index contributed by atoms with van der Waals surface area (Å²) in [6.45, 7) is 7.29. The van der Waals surface area contributed by atoms with Gasteiger partial charge in [-0.3, -0.25) is 4.79 Å². The van der Waals surface area contributed by atoms with Crippen LogP contribution in [-0.4, -0.2) is 50.1 Å². The van der Waals surface area contributed by atoms with Crippen LogP contribution in [0.4, 0.5) is 0 Å². The number of carbonyl (C=O) groups excluding carboxylic acids is 1. The highest BCUT2D eigenvalue weighted by Gasteiger charge is 2.48. The molecular formula is C12H24O5. The maximum Gasteiger partial charge on any atom is 0.167 e. The van der Waals surface area contributed by atoms with Gasteiger partial charge in [-0.2, -0.15) is 0 Å². The third-order valence-electron chi connectivity index (χ3n) is 2.87. The standard InChI is InChI=1S/C10H18O5.C2H6/c1-5(2)9(14)10(15)3-6(11)8(13)7(12)4-10;1-2/h5-8,11-13,15H,3-4H2,1-2H3;1-2H3/t6-,7-,8?,10?;/m1./s1. The van der Waals surface area contributed by atoms with Crippen LogP contribution in [0.15, 0.2) is 0 Å². The second kappa shape index (κ2) is 6.44. The average Bonchev–Trinajstić information content (AvgIpc) is 2.27. The third kappa shape index (κ3) is 3.74. The van der Waals surface area contributed by atoms with Gasteiger partial charge >= 0.3 is 0 Å². The van der Waals surface area contributed by atoms with E-state index in [2.05, 4.69) is 0 Å². The van der Waals surface area contributed by atoms with E-state index in [0.717, 1.165) is 0 Å². The van der Waals surface area contributed by atoms with Gasteiger partial charge in [-0.1, -0.05) is 27.7 Å².